The molecule has 0 saturated heterocycles. The summed E-state index contributed by atoms with van der Waals surface area (Å²) in [6, 6.07) is 4.85. The molecule has 2 rings (SSSR count). The van der Waals surface area contributed by atoms with Gasteiger partial charge in [-0.2, -0.15) is 0 Å². The molecule has 0 atom stereocenters. The van der Waals surface area contributed by atoms with Gasteiger partial charge in [0.2, 0.25) is 0 Å². The Kier molecular flexibility index (Phi) is 4.19. The van der Waals surface area contributed by atoms with Crippen molar-refractivity contribution in [2.75, 3.05) is 6.54 Å². The highest BCUT2D eigenvalue weighted by molar-refractivity contribution is 9.10. The number of benzene rings is 1. The lowest BCUT2D eigenvalue weighted by Gasteiger charge is -2.21. The molecule has 1 aliphatic rings. The van der Waals surface area contributed by atoms with Gasteiger partial charge in [0.05, 0.1) is 9.40 Å². The first kappa shape index (κ1) is 14.0. The van der Waals surface area contributed by atoms with Crippen molar-refractivity contribution >= 4 is 27.5 Å². The molecule has 0 heterocycles. The normalized spacial score (nSPS) is 14.2. The van der Waals surface area contributed by atoms with Crippen molar-refractivity contribution in [1.29, 1.82) is 0 Å². The average Bonchev–Trinajstić information content (AvgIpc) is 3.19. The molecular formula is C13H15BrN2O3. The summed E-state index contributed by atoms with van der Waals surface area (Å²) in [6.07, 6.45) is 2.95. The van der Waals surface area contributed by atoms with Gasteiger partial charge in [0.15, 0.2) is 0 Å². The molecule has 1 amide bonds. The SMILES string of the molecule is CCCN(C(=O)c1ccc(Br)c([N+](=O)[O-])c1)C1CC1. The van der Waals surface area contributed by atoms with E-state index in [2.05, 4.69) is 15.9 Å². The molecule has 5 nitrogen and oxygen atoms in total. The molecule has 0 N–H and O–H groups in total. The first-order chi connectivity index (χ1) is 9.04. The maximum Gasteiger partial charge on any atom is 0.284 e. The fourth-order valence-corrected chi connectivity index (χ4v) is 2.42. The number of nitrogens with zero attached hydrogens (tertiary/aromatic N) is 2. The van der Waals surface area contributed by atoms with Gasteiger partial charge in [-0.1, -0.05) is 6.92 Å². The minimum absolute atomic E-state index is 0.0712. The molecule has 0 aromatic heterocycles. The molecule has 0 aliphatic heterocycles. The number of hydrogen-bond acceptors (Lipinski definition) is 3. The van der Waals surface area contributed by atoms with Crippen molar-refractivity contribution in [2.24, 2.45) is 0 Å². The van der Waals surface area contributed by atoms with Crippen LogP contribution < -0.4 is 0 Å². The van der Waals surface area contributed by atoms with Gasteiger partial charge in [-0.25, -0.2) is 0 Å². The Morgan fingerprint density at radius 3 is 2.74 bits per heavy atom. The maximum atomic E-state index is 12.4. The van der Waals surface area contributed by atoms with Crippen LogP contribution in [-0.2, 0) is 0 Å². The van der Waals surface area contributed by atoms with E-state index in [1.165, 1.54) is 6.07 Å². The van der Waals surface area contributed by atoms with Crippen LogP contribution >= 0.6 is 15.9 Å². The smallest absolute Gasteiger partial charge is 0.284 e. The Labute approximate surface area is 119 Å². The number of halogens is 1. The number of amides is 1. The Bertz CT molecular complexity index is 515. The summed E-state index contributed by atoms with van der Waals surface area (Å²) in [6.45, 7) is 2.72. The van der Waals surface area contributed by atoms with E-state index in [1.54, 1.807) is 12.1 Å². The van der Waals surface area contributed by atoms with Gasteiger partial charge in [-0.3, -0.25) is 14.9 Å². The molecule has 1 aromatic rings. The lowest BCUT2D eigenvalue weighted by atomic mass is 10.1. The van der Waals surface area contributed by atoms with Crippen LogP contribution in [0.25, 0.3) is 0 Å². The fourth-order valence-electron chi connectivity index (χ4n) is 2.03. The Morgan fingerprint density at radius 2 is 2.21 bits per heavy atom. The second kappa shape index (κ2) is 5.69. The predicted molar refractivity (Wildman–Crippen MR) is 75.1 cm³/mol. The Morgan fingerprint density at radius 1 is 1.53 bits per heavy atom. The van der Waals surface area contributed by atoms with Gasteiger partial charge < -0.3 is 4.90 Å². The summed E-state index contributed by atoms with van der Waals surface area (Å²) in [5.74, 6) is -0.111. The summed E-state index contributed by atoms with van der Waals surface area (Å²) >= 11 is 3.12. The molecule has 0 unspecified atom stereocenters. The van der Waals surface area contributed by atoms with Gasteiger partial charge in [0.25, 0.3) is 11.6 Å². The number of hydrogen-bond donors (Lipinski definition) is 0. The number of nitro benzene ring substituents is 1. The van der Waals surface area contributed by atoms with E-state index in [9.17, 15) is 14.9 Å². The van der Waals surface area contributed by atoms with E-state index >= 15 is 0 Å². The zero-order chi connectivity index (χ0) is 14.0. The maximum absolute atomic E-state index is 12.4. The Balaban J connectivity index is 2.27. The minimum atomic E-state index is -0.484. The molecule has 1 aliphatic carbocycles. The third-order valence-electron chi connectivity index (χ3n) is 3.10. The van der Waals surface area contributed by atoms with Crippen molar-refractivity contribution in [2.45, 2.75) is 32.2 Å². The summed E-state index contributed by atoms with van der Waals surface area (Å²) in [4.78, 5) is 24.6. The summed E-state index contributed by atoms with van der Waals surface area (Å²) in [5, 5.41) is 10.9. The molecule has 0 radical (unpaired) electrons. The molecule has 1 aromatic carbocycles. The lowest BCUT2D eigenvalue weighted by Crippen LogP contribution is -2.33. The zero-order valence-corrected chi connectivity index (χ0v) is 12.2. The van der Waals surface area contributed by atoms with Gasteiger partial charge in [-0.15, -0.1) is 0 Å². The van der Waals surface area contributed by atoms with Gasteiger partial charge >= 0.3 is 0 Å². The van der Waals surface area contributed by atoms with Crippen molar-refractivity contribution in [3.8, 4) is 0 Å². The monoisotopic (exact) mass is 326 g/mol. The molecule has 19 heavy (non-hydrogen) atoms. The topological polar surface area (TPSA) is 63.5 Å². The van der Waals surface area contributed by atoms with E-state index in [0.717, 1.165) is 19.3 Å². The van der Waals surface area contributed by atoms with Gasteiger partial charge in [0.1, 0.15) is 0 Å². The van der Waals surface area contributed by atoms with Gasteiger partial charge in [0, 0.05) is 24.2 Å². The summed E-state index contributed by atoms with van der Waals surface area (Å²) in [5.41, 5.74) is 0.313. The molecule has 0 bridgehead atoms. The third-order valence-corrected chi connectivity index (χ3v) is 3.77. The number of carbonyl (C=O) groups excluding carboxylic acids is 1. The van der Waals surface area contributed by atoms with Crippen LogP contribution in [0.3, 0.4) is 0 Å². The van der Waals surface area contributed by atoms with Crippen molar-refractivity contribution < 1.29 is 9.72 Å². The van der Waals surface area contributed by atoms with E-state index < -0.39 is 4.92 Å². The van der Waals surface area contributed by atoms with Crippen LogP contribution in [0.2, 0.25) is 0 Å². The third kappa shape index (κ3) is 3.12. The van der Waals surface area contributed by atoms with Crippen LogP contribution in [0, 0.1) is 10.1 Å². The Hall–Kier alpha value is -1.43. The fraction of sp³-hybridized carbons (Fsp3) is 0.462. The lowest BCUT2D eigenvalue weighted by molar-refractivity contribution is -0.385. The summed E-state index contributed by atoms with van der Waals surface area (Å²) < 4.78 is 0.391. The summed E-state index contributed by atoms with van der Waals surface area (Å²) in [7, 11) is 0. The first-order valence-corrected chi connectivity index (χ1v) is 7.08. The minimum Gasteiger partial charge on any atom is -0.336 e. The van der Waals surface area contributed by atoms with Crippen LogP contribution in [0.4, 0.5) is 5.69 Å². The van der Waals surface area contributed by atoms with Crippen LogP contribution in [0.15, 0.2) is 22.7 Å². The second-order valence-corrected chi connectivity index (χ2v) is 5.51. The predicted octanol–water partition coefficient (Wildman–Crippen LogP) is 3.37. The first-order valence-electron chi connectivity index (χ1n) is 6.29. The average molecular weight is 327 g/mol. The van der Waals surface area contributed by atoms with Crippen LogP contribution in [0.5, 0.6) is 0 Å². The van der Waals surface area contributed by atoms with E-state index in [1.807, 2.05) is 11.8 Å². The standard InChI is InChI=1S/C13H15BrN2O3/c1-2-7-15(10-4-5-10)13(17)9-3-6-11(14)12(8-9)16(18)19/h3,6,8,10H,2,4-5,7H2,1H3. The van der Waals surface area contributed by atoms with Crippen LogP contribution in [0.1, 0.15) is 36.5 Å². The molecule has 1 fully saturated rings. The van der Waals surface area contributed by atoms with E-state index in [-0.39, 0.29) is 11.6 Å². The van der Waals surface area contributed by atoms with E-state index in [0.29, 0.717) is 22.6 Å². The molecular weight excluding hydrogens is 312 g/mol. The second-order valence-electron chi connectivity index (χ2n) is 4.65. The molecule has 6 heteroatoms. The molecule has 1 saturated carbocycles. The highest BCUT2D eigenvalue weighted by Crippen LogP contribution is 2.30. The molecule has 102 valence electrons. The quantitative estimate of drug-likeness (QED) is 0.615. The zero-order valence-electron chi connectivity index (χ0n) is 10.6. The number of rotatable bonds is 5. The highest BCUT2D eigenvalue weighted by atomic mass is 79.9. The van der Waals surface area contributed by atoms with Crippen molar-refractivity contribution in [1.82, 2.24) is 4.90 Å². The van der Waals surface area contributed by atoms with Gasteiger partial charge in [-0.05, 0) is 47.3 Å². The van der Waals surface area contributed by atoms with E-state index in [4.69, 9.17) is 0 Å². The van der Waals surface area contributed by atoms with Crippen molar-refractivity contribution in [3.05, 3.63) is 38.3 Å². The van der Waals surface area contributed by atoms with Crippen molar-refractivity contribution in [3.63, 3.8) is 0 Å². The highest BCUT2D eigenvalue weighted by Gasteiger charge is 2.32. The molecule has 0 spiro atoms. The number of nitro groups is 1. The largest absolute Gasteiger partial charge is 0.336 e. The van der Waals surface area contributed by atoms with Crippen LogP contribution in [-0.4, -0.2) is 28.3 Å². The number of carbonyl (C=O) groups is 1.